The lowest BCUT2D eigenvalue weighted by molar-refractivity contribution is 0.0904. The highest BCUT2D eigenvalue weighted by Crippen LogP contribution is 2.30. The fourth-order valence-corrected chi connectivity index (χ4v) is 1.79. The van der Waals surface area contributed by atoms with Crippen molar-refractivity contribution in [3.63, 3.8) is 0 Å². The quantitative estimate of drug-likeness (QED) is 0.730. The summed E-state index contributed by atoms with van der Waals surface area (Å²) in [5.41, 5.74) is 0. The van der Waals surface area contributed by atoms with E-state index in [1.807, 2.05) is 24.3 Å². The highest BCUT2D eigenvalue weighted by molar-refractivity contribution is 5.40. The third kappa shape index (κ3) is 3.61. The van der Waals surface area contributed by atoms with Crippen LogP contribution in [0.5, 0.6) is 11.5 Å². The summed E-state index contributed by atoms with van der Waals surface area (Å²) in [6, 6.07) is 7.72. The minimum atomic E-state index is 0.0685. The van der Waals surface area contributed by atoms with Gasteiger partial charge in [0.15, 0.2) is 11.5 Å². The number of hydrogen-bond donors (Lipinski definition) is 2. The molecule has 1 aromatic rings. The van der Waals surface area contributed by atoms with Crippen molar-refractivity contribution in [2.45, 2.75) is 18.9 Å². The lowest BCUT2D eigenvalue weighted by Crippen LogP contribution is -2.38. The molecule has 1 aliphatic rings. The summed E-state index contributed by atoms with van der Waals surface area (Å²) in [6.45, 7) is 2.53. The van der Waals surface area contributed by atoms with E-state index in [4.69, 9.17) is 14.6 Å². The molecule has 1 atom stereocenters. The van der Waals surface area contributed by atoms with Gasteiger partial charge in [-0.2, -0.15) is 0 Å². The zero-order chi connectivity index (χ0) is 11.9. The summed E-state index contributed by atoms with van der Waals surface area (Å²) >= 11 is 0. The van der Waals surface area contributed by atoms with Gasteiger partial charge >= 0.3 is 0 Å². The van der Waals surface area contributed by atoms with E-state index in [-0.39, 0.29) is 12.7 Å². The Kier molecular flexibility index (Phi) is 4.64. The Morgan fingerprint density at radius 2 is 2.06 bits per heavy atom. The zero-order valence-corrected chi connectivity index (χ0v) is 9.89. The van der Waals surface area contributed by atoms with E-state index in [0.29, 0.717) is 6.61 Å². The second-order valence-electron chi connectivity index (χ2n) is 4.13. The average Bonchev–Trinajstić information content (AvgIpc) is 2.38. The van der Waals surface area contributed by atoms with Crippen LogP contribution in [0.25, 0.3) is 0 Å². The standard InChI is InChI=1S/C13H19NO3/c15-8-4-3-7-14-9-11-10-16-12-5-1-2-6-13(12)17-11/h1-2,5-6,11,14-15H,3-4,7-10H2/t11-/m1/s1. The molecular formula is C13H19NO3. The van der Waals surface area contributed by atoms with Gasteiger partial charge in [-0.1, -0.05) is 12.1 Å². The van der Waals surface area contributed by atoms with Gasteiger partial charge in [0.2, 0.25) is 0 Å². The van der Waals surface area contributed by atoms with Crippen LogP contribution in [0.1, 0.15) is 12.8 Å². The van der Waals surface area contributed by atoms with E-state index in [1.54, 1.807) is 0 Å². The first-order chi connectivity index (χ1) is 8.40. The van der Waals surface area contributed by atoms with Crippen LogP contribution in [-0.2, 0) is 0 Å². The molecule has 0 fully saturated rings. The van der Waals surface area contributed by atoms with Crippen molar-refractivity contribution in [3.05, 3.63) is 24.3 Å². The van der Waals surface area contributed by atoms with Crippen LogP contribution in [-0.4, -0.2) is 37.5 Å². The predicted molar refractivity (Wildman–Crippen MR) is 65.5 cm³/mol. The summed E-state index contributed by atoms with van der Waals surface area (Å²) in [4.78, 5) is 0. The second kappa shape index (κ2) is 6.47. The zero-order valence-electron chi connectivity index (χ0n) is 9.89. The predicted octanol–water partition coefficient (Wildman–Crippen LogP) is 1.19. The Morgan fingerprint density at radius 3 is 2.88 bits per heavy atom. The number of rotatable bonds is 6. The third-order valence-electron chi connectivity index (χ3n) is 2.70. The molecule has 94 valence electrons. The van der Waals surface area contributed by atoms with E-state index >= 15 is 0 Å². The minimum absolute atomic E-state index is 0.0685. The molecule has 0 bridgehead atoms. The van der Waals surface area contributed by atoms with E-state index in [9.17, 15) is 0 Å². The molecule has 1 aliphatic heterocycles. The van der Waals surface area contributed by atoms with Crippen LogP contribution in [0.3, 0.4) is 0 Å². The van der Waals surface area contributed by atoms with Crippen molar-refractivity contribution in [3.8, 4) is 11.5 Å². The number of ether oxygens (including phenoxy) is 2. The number of aliphatic hydroxyl groups excluding tert-OH is 1. The normalized spacial score (nSPS) is 18.1. The lowest BCUT2D eigenvalue weighted by Gasteiger charge is -2.26. The molecule has 0 unspecified atom stereocenters. The Balaban J connectivity index is 1.71. The monoisotopic (exact) mass is 237 g/mol. The number of fused-ring (bicyclic) bond motifs is 1. The van der Waals surface area contributed by atoms with Gasteiger partial charge in [-0.15, -0.1) is 0 Å². The molecular weight excluding hydrogens is 218 g/mol. The number of para-hydroxylation sites is 2. The molecule has 17 heavy (non-hydrogen) atoms. The first-order valence-corrected chi connectivity index (χ1v) is 6.10. The second-order valence-corrected chi connectivity index (χ2v) is 4.13. The minimum Gasteiger partial charge on any atom is -0.486 e. The fraction of sp³-hybridized carbons (Fsp3) is 0.538. The molecule has 4 nitrogen and oxygen atoms in total. The molecule has 2 N–H and O–H groups in total. The fourth-order valence-electron chi connectivity index (χ4n) is 1.79. The Morgan fingerprint density at radius 1 is 1.24 bits per heavy atom. The Bertz CT molecular complexity index is 343. The maximum absolute atomic E-state index is 8.65. The van der Waals surface area contributed by atoms with Crippen molar-refractivity contribution in [2.75, 3.05) is 26.3 Å². The number of unbranched alkanes of at least 4 members (excludes halogenated alkanes) is 1. The average molecular weight is 237 g/mol. The van der Waals surface area contributed by atoms with Crippen molar-refractivity contribution >= 4 is 0 Å². The van der Waals surface area contributed by atoms with Crippen LogP contribution < -0.4 is 14.8 Å². The number of nitrogens with one attached hydrogen (secondary N) is 1. The summed E-state index contributed by atoms with van der Waals surface area (Å²) in [5.74, 6) is 1.64. The maximum atomic E-state index is 8.65. The number of benzene rings is 1. The van der Waals surface area contributed by atoms with Gasteiger partial charge in [0.1, 0.15) is 12.7 Å². The van der Waals surface area contributed by atoms with Crippen LogP contribution in [0.15, 0.2) is 24.3 Å². The van der Waals surface area contributed by atoms with E-state index in [0.717, 1.165) is 37.4 Å². The van der Waals surface area contributed by atoms with Crippen LogP contribution >= 0.6 is 0 Å². The molecule has 1 aromatic carbocycles. The van der Waals surface area contributed by atoms with Gasteiger partial charge in [0.25, 0.3) is 0 Å². The van der Waals surface area contributed by atoms with Crippen molar-refractivity contribution in [1.82, 2.24) is 5.32 Å². The SMILES string of the molecule is OCCCCNC[C@@H]1COc2ccccc2O1. The highest BCUT2D eigenvalue weighted by Gasteiger charge is 2.19. The molecule has 2 rings (SSSR count). The molecule has 0 spiro atoms. The van der Waals surface area contributed by atoms with E-state index in [2.05, 4.69) is 5.32 Å². The van der Waals surface area contributed by atoms with Crippen molar-refractivity contribution in [2.24, 2.45) is 0 Å². The van der Waals surface area contributed by atoms with Crippen LogP contribution in [0.4, 0.5) is 0 Å². The molecule has 0 radical (unpaired) electrons. The van der Waals surface area contributed by atoms with Crippen LogP contribution in [0.2, 0.25) is 0 Å². The molecule has 0 aromatic heterocycles. The summed E-state index contributed by atoms with van der Waals surface area (Å²) in [5, 5.41) is 12.0. The summed E-state index contributed by atoms with van der Waals surface area (Å²) in [6.07, 6.45) is 1.90. The third-order valence-corrected chi connectivity index (χ3v) is 2.70. The number of hydrogen-bond acceptors (Lipinski definition) is 4. The summed E-state index contributed by atoms with van der Waals surface area (Å²) < 4.78 is 11.4. The van der Waals surface area contributed by atoms with Gasteiger partial charge in [-0.3, -0.25) is 0 Å². The first kappa shape index (κ1) is 12.2. The first-order valence-electron chi connectivity index (χ1n) is 6.10. The molecule has 4 heteroatoms. The molecule has 0 aliphatic carbocycles. The molecule has 0 amide bonds. The Labute approximate surface area is 102 Å². The van der Waals surface area contributed by atoms with Gasteiger partial charge in [0.05, 0.1) is 0 Å². The highest BCUT2D eigenvalue weighted by atomic mass is 16.6. The maximum Gasteiger partial charge on any atom is 0.161 e. The van der Waals surface area contributed by atoms with Crippen molar-refractivity contribution in [1.29, 1.82) is 0 Å². The smallest absolute Gasteiger partial charge is 0.161 e. The van der Waals surface area contributed by atoms with Gasteiger partial charge in [0, 0.05) is 13.2 Å². The van der Waals surface area contributed by atoms with Gasteiger partial charge in [-0.25, -0.2) is 0 Å². The molecule has 0 saturated heterocycles. The Hall–Kier alpha value is -1.26. The molecule has 1 heterocycles. The largest absolute Gasteiger partial charge is 0.486 e. The van der Waals surface area contributed by atoms with Gasteiger partial charge < -0.3 is 19.9 Å². The van der Waals surface area contributed by atoms with Crippen LogP contribution in [0, 0.1) is 0 Å². The van der Waals surface area contributed by atoms with E-state index in [1.165, 1.54) is 0 Å². The summed E-state index contributed by atoms with van der Waals surface area (Å²) in [7, 11) is 0. The molecule has 0 saturated carbocycles. The number of aliphatic hydroxyl groups is 1. The van der Waals surface area contributed by atoms with Gasteiger partial charge in [-0.05, 0) is 31.5 Å². The lowest BCUT2D eigenvalue weighted by atomic mass is 10.2. The topological polar surface area (TPSA) is 50.7 Å². The van der Waals surface area contributed by atoms with E-state index < -0.39 is 0 Å². The van der Waals surface area contributed by atoms with Crippen molar-refractivity contribution < 1.29 is 14.6 Å².